The zero-order chi connectivity index (χ0) is 13.3. The van der Waals surface area contributed by atoms with Gasteiger partial charge in [0.1, 0.15) is 5.75 Å². The van der Waals surface area contributed by atoms with Gasteiger partial charge in [-0.3, -0.25) is 4.79 Å². The summed E-state index contributed by atoms with van der Waals surface area (Å²) in [6, 6.07) is 2.64. The number of benzene rings is 1. The summed E-state index contributed by atoms with van der Waals surface area (Å²) in [6.07, 6.45) is 0. The van der Waals surface area contributed by atoms with Gasteiger partial charge in [-0.2, -0.15) is 0 Å². The molecule has 1 fully saturated rings. The summed E-state index contributed by atoms with van der Waals surface area (Å²) in [6.45, 7) is 3.20. The maximum Gasteiger partial charge on any atom is 0.226 e. The average molecular weight is 289 g/mol. The van der Waals surface area contributed by atoms with E-state index < -0.39 is 0 Å². The standard InChI is InChI=1S/C12H14Cl2N2O2/c1-6(16-12(18)7-4-15-5-7)8-2-9(13)10(14)3-11(8)17/h2-3,6-7,15,17H,4-5H2,1H3,(H,16,18). The van der Waals surface area contributed by atoms with E-state index in [4.69, 9.17) is 23.2 Å². The molecule has 1 heterocycles. The summed E-state index contributed by atoms with van der Waals surface area (Å²) < 4.78 is 0. The average Bonchev–Trinajstić information content (AvgIpc) is 2.20. The Hall–Kier alpha value is -0.970. The molecule has 1 saturated heterocycles. The summed E-state index contributed by atoms with van der Waals surface area (Å²) in [4.78, 5) is 11.8. The minimum absolute atomic E-state index is 0.0114. The SMILES string of the molecule is CC(NC(=O)C1CNC1)c1cc(Cl)c(Cl)cc1O. The van der Waals surface area contributed by atoms with Gasteiger partial charge in [-0.25, -0.2) is 0 Å². The topological polar surface area (TPSA) is 61.4 Å². The van der Waals surface area contributed by atoms with Crippen molar-refractivity contribution < 1.29 is 9.90 Å². The number of hydrogen-bond donors (Lipinski definition) is 3. The van der Waals surface area contributed by atoms with Crippen LogP contribution in [0.3, 0.4) is 0 Å². The molecule has 0 aromatic heterocycles. The number of carbonyl (C=O) groups is 1. The van der Waals surface area contributed by atoms with Crippen LogP contribution in [0.25, 0.3) is 0 Å². The first-order chi connectivity index (χ1) is 8.49. The Balaban J connectivity index is 2.10. The number of halogens is 2. The van der Waals surface area contributed by atoms with Crippen molar-refractivity contribution in [1.29, 1.82) is 0 Å². The van der Waals surface area contributed by atoms with Crippen LogP contribution in [-0.4, -0.2) is 24.1 Å². The number of rotatable bonds is 3. The zero-order valence-corrected chi connectivity index (χ0v) is 11.3. The first-order valence-electron chi connectivity index (χ1n) is 5.68. The lowest BCUT2D eigenvalue weighted by atomic mass is 10.0. The molecule has 0 saturated carbocycles. The van der Waals surface area contributed by atoms with E-state index in [2.05, 4.69) is 10.6 Å². The van der Waals surface area contributed by atoms with Crippen LogP contribution in [-0.2, 0) is 4.79 Å². The molecule has 1 aliphatic heterocycles. The third kappa shape index (κ3) is 2.71. The molecule has 3 N–H and O–H groups in total. The van der Waals surface area contributed by atoms with Gasteiger partial charge in [-0.05, 0) is 13.0 Å². The van der Waals surface area contributed by atoms with Crippen LogP contribution < -0.4 is 10.6 Å². The number of carbonyl (C=O) groups excluding carboxylic acids is 1. The Labute approximate surface area is 115 Å². The Bertz CT molecular complexity index is 475. The first kappa shape index (κ1) is 13.5. The van der Waals surface area contributed by atoms with Crippen molar-refractivity contribution in [2.75, 3.05) is 13.1 Å². The molecule has 1 aromatic carbocycles. The third-order valence-corrected chi connectivity index (χ3v) is 3.77. The second kappa shape index (κ2) is 5.34. The summed E-state index contributed by atoms with van der Waals surface area (Å²) in [5.41, 5.74) is 0.560. The van der Waals surface area contributed by atoms with E-state index in [1.165, 1.54) is 6.07 Å². The van der Waals surface area contributed by atoms with Crippen molar-refractivity contribution >= 4 is 29.1 Å². The number of amides is 1. The number of phenolic OH excluding ortho intramolecular Hbond substituents is 1. The molecule has 1 unspecified atom stereocenters. The number of hydrogen-bond acceptors (Lipinski definition) is 3. The van der Waals surface area contributed by atoms with Crippen LogP contribution in [0.5, 0.6) is 5.75 Å². The normalized spacial score (nSPS) is 17.1. The van der Waals surface area contributed by atoms with Gasteiger partial charge < -0.3 is 15.7 Å². The molecule has 2 rings (SSSR count). The molecule has 0 aliphatic carbocycles. The number of phenols is 1. The van der Waals surface area contributed by atoms with Gasteiger partial charge >= 0.3 is 0 Å². The number of aromatic hydroxyl groups is 1. The predicted octanol–water partition coefficient (Wildman–Crippen LogP) is 2.10. The summed E-state index contributed by atoms with van der Waals surface area (Å²) >= 11 is 11.7. The second-order valence-electron chi connectivity index (χ2n) is 4.41. The van der Waals surface area contributed by atoms with Crippen molar-refractivity contribution in [1.82, 2.24) is 10.6 Å². The van der Waals surface area contributed by atoms with Crippen molar-refractivity contribution in [2.24, 2.45) is 5.92 Å². The first-order valence-corrected chi connectivity index (χ1v) is 6.43. The molecule has 0 spiro atoms. The van der Waals surface area contributed by atoms with Crippen LogP contribution in [0, 0.1) is 5.92 Å². The van der Waals surface area contributed by atoms with E-state index in [1.54, 1.807) is 13.0 Å². The van der Waals surface area contributed by atoms with Crippen molar-refractivity contribution in [2.45, 2.75) is 13.0 Å². The molecule has 1 atom stereocenters. The van der Waals surface area contributed by atoms with Crippen LogP contribution >= 0.6 is 23.2 Å². The third-order valence-electron chi connectivity index (χ3n) is 3.05. The van der Waals surface area contributed by atoms with E-state index in [-0.39, 0.29) is 23.6 Å². The number of nitrogens with one attached hydrogen (secondary N) is 2. The Morgan fingerprint density at radius 1 is 1.44 bits per heavy atom. The van der Waals surface area contributed by atoms with Gasteiger partial charge in [0.25, 0.3) is 0 Å². The molecule has 1 aliphatic rings. The maximum atomic E-state index is 11.8. The summed E-state index contributed by atoms with van der Waals surface area (Å²) in [5, 5.41) is 16.3. The molecule has 4 nitrogen and oxygen atoms in total. The monoisotopic (exact) mass is 288 g/mol. The highest BCUT2D eigenvalue weighted by Gasteiger charge is 2.26. The lowest BCUT2D eigenvalue weighted by molar-refractivity contribution is -0.127. The predicted molar refractivity (Wildman–Crippen MR) is 71.0 cm³/mol. The maximum absolute atomic E-state index is 11.8. The van der Waals surface area contributed by atoms with Crippen LogP contribution in [0.2, 0.25) is 10.0 Å². The lowest BCUT2D eigenvalue weighted by Gasteiger charge is -2.27. The summed E-state index contributed by atoms with van der Waals surface area (Å²) in [7, 11) is 0. The van der Waals surface area contributed by atoms with Gasteiger partial charge in [0.05, 0.1) is 22.0 Å². The molecule has 98 valence electrons. The fourth-order valence-corrected chi connectivity index (χ4v) is 2.11. The van der Waals surface area contributed by atoms with E-state index in [1.807, 2.05) is 0 Å². The molecular formula is C12H14Cl2N2O2. The molecule has 1 amide bonds. The summed E-state index contributed by atoms with van der Waals surface area (Å²) in [5.74, 6) is 0.0213. The molecule has 18 heavy (non-hydrogen) atoms. The van der Waals surface area contributed by atoms with Crippen molar-refractivity contribution in [3.63, 3.8) is 0 Å². The van der Waals surface area contributed by atoms with E-state index >= 15 is 0 Å². The highest BCUT2D eigenvalue weighted by atomic mass is 35.5. The van der Waals surface area contributed by atoms with Gasteiger partial charge in [0, 0.05) is 24.7 Å². The second-order valence-corrected chi connectivity index (χ2v) is 5.22. The van der Waals surface area contributed by atoms with E-state index in [0.717, 1.165) is 0 Å². The Kier molecular flexibility index (Phi) is 4.00. The Morgan fingerprint density at radius 2 is 2.06 bits per heavy atom. The fourth-order valence-electron chi connectivity index (χ4n) is 1.78. The van der Waals surface area contributed by atoms with Gasteiger partial charge in [0.2, 0.25) is 5.91 Å². The zero-order valence-electron chi connectivity index (χ0n) is 9.84. The van der Waals surface area contributed by atoms with E-state index in [9.17, 15) is 9.90 Å². The van der Waals surface area contributed by atoms with Crippen molar-refractivity contribution in [3.8, 4) is 5.75 Å². The Morgan fingerprint density at radius 3 is 2.61 bits per heavy atom. The quantitative estimate of drug-likeness (QED) is 0.798. The van der Waals surface area contributed by atoms with Crippen molar-refractivity contribution in [3.05, 3.63) is 27.7 Å². The van der Waals surface area contributed by atoms with Gasteiger partial charge in [-0.15, -0.1) is 0 Å². The largest absolute Gasteiger partial charge is 0.508 e. The van der Waals surface area contributed by atoms with Crippen LogP contribution in [0.1, 0.15) is 18.5 Å². The van der Waals surface area contributed by atoms with E-state index in [0.29, 0.717) is 28.7 Å². The molecule has 0 bridgehead atoms. The highest BCUT2D eigenvalue weighted by molar-refractivity contribution is 6.42. The smallest absolute Gasteiger partial charge is 0.226 e. The molecule has 0 radical (unpaired) electrons. The van der Waals surface area contributed by atoms with Crippen LogP contribution in [0.15, 0.2) is 12.1 Å². The van der Waals surface area contributed by atoms with Gasteiger partial charge in [-0.1, -0.05) is 23.2 Å². The fraction of sp³-hybridized carbons (Fsp3) is 0.417. The van der Waals surface area contributed by atoms with Gasteiger partial charge in [0.15, 0.2) is 0 Å². The highest BCUT2D eigenvalue weighted by Crippen LogP contribution is 2.33. The minimum Gasteiger partial charge on any atom is -0.508 e. The molecule has 1 aromatic rings. The van der Waals surface area contributed by atoms with Crippen LogP contribution in [0.4, 0.5) is 0 Å². The lowest BCUT2D eigenvalue weighted by Crippen LogP contribution is -2.51. The minimum atomic E-state index is -0.312. The molecular weight excluding hydrogens is 275 g/mol. The molecule has 6 heteroatoms.